The highest BCUT2D eigenvalue weighted by Gasteiger charge is 2.35. The number of aromatic amines is 6. The van der Waals surface area contributed by atoms with Crippen molar-refractivity contribution in [3.8, 4) is 0 Å². The van der Waals surface area contributed by atoms with E-state index in [1.165, 1.54) is 14.8 Å². The number of aromatic nitrogens is 6. The zero-order valence-electron chi connectivity index (χ0n) is 53.3. The Labute approximate surface area is 542 Å². The second-order valence-electron chi connectivity index (χ2n) is 25.1. The Kier molecular flexibility index (Phi) is 15.4. The molecular weight excluding hydrogens is 1170 g/mol. The molecule has 0 saturated carbocycles. The lowest BCUT2D eigenvalue weighted by Gasteiger charge is -2.21. The molecule has 4 unspecified atom stereocenters. The molecule has 8 aromatic heterocycles. The molecule has 8 heterocycles. The van der Waals surface area contributed by atoms with Gasteiger partial charge in [0.05, 0.1) is 23.7 Å². The van der Waals surface area contributed by atoms with Gasteiger partial charge in [-0.1, -0.05) is 121 Å². The van der Waals surface area contributed by atoms with Gasteiger partial charge in [-0.25, -0.2) is 0 Å². The summed E-state index contributed by atoms with van der Waals surface area (Å²) in [7, 11) is 0. The highest BCUT2D eigenvalue weighted by atomic mass is 32.1. The number of rotatable bonds is 19. The van der Waals surface area contributed by atoms with Crippen molar-refractivity contribution in [2.24, 2.45) is 0 Å². The van der Waals surface area contributed by atoms with Crippen LogP contribution in [0.5, 0.6) is 0 Å². The van der Waals surface area contributed by atoms with Crippen molar-refractivity contribution < 1.29 is 19.2 Å². The van der Waals surface area contributed by atoms with Gasteiger partial charge in [0.2, 0.25) is 0 Å². The standard InChI is InChI=1S/C80H72N6O4S2/c1-41-69(49(9)87)45(5)81-77(41)73(57-29-19-25-51-21-11-15-27-55(51)57)59-33-34-60(85-59)74(58-30-20-26-52-22-12-16-28-56(52)58)78-43(3)71(47(7)83-78)63(89)37-38-64(90)72-44(4)80(84-48(72)8)76(68-40-54-24-14-18-32-66(54)92-68)62-36-35-61(86-62)75(67-39-53-23-13-17-31-65(53)91-67)79-42(2)70(50(10)88)46(6)82-79/h11-36,39-40,73-76,81-86H,37-38H2,1-10H3. The molecule has 0 aliphatic rings. The van der Waals surface area contributed by atoms with Crippen molar-refractivity contribution in [1.82, 2.24) is 29.9 Å². The van der Waals surface area contributed by atoms with Gasteiger partial charge in [-0.2, -0.15) is 0 Å². The maximum Gasteiger partial charge on any atom is 0.165 e. The molecule has 458 valence electrons. The van der Waals surface area contributed by atoms with E-state index in [1.807, 2.05) is 55.4 Å². The highest BCUT2D eigenvalue weighted by Crippen LogP contribution is 2.47. The lowest BCUT2D eigenvalue weighted by atomic mass is 9.86. The number of benzene rings is 6. The normalized spacial score (nSPS) is 13.2. The van der Waals surface area contributed by atoms with Crippen LogP contribution in [-0.2, 0) is 0 Å². The first-order valence-electron chi connectivity index (χ1n) is 31.6. The largest absolute Gasteiger partial charge is 0.361 e. The van der Waals surface area contributed by atoms with Crippen molar-refractivity contribution in [2.75, 3.05) is 0 Å². The quantitative estimate of drug-likeness (QED) is 0.0445. The number of carbonyl (C=O) groups excluding carboxylic acids is 4. The average Bonchev–Trinajstić information content (AvgIpc) is 1.54. The molecule has 0 aliphatic carbocycles. The van der Waals surface area contributed by atoms with Gasteiger partial charge in [0.25, 0.3) is 0 Å². The lowest BCUT2D eigenvalue weighted by Crippen LogP contribution is -2.11. The Morgan fingerprint density at radius 2 is 0.641 bits per heavy atom. The third kappa shape index (κ3) is 10.3. The molecule has 0 radical (unpaired) electrons. The molecule has 6 N–H and O–H groups in total. The van der Waals surface area contributed by atoms with Gasteiger partial charge in [0, 0.05) is 123 Å². The minimum absolute atomic E-state index is 0.0213. The molecule has 92 heavy (non-hydrogen) atoms. The maximum absolute atomic E-state index is 15.1. The summed E-state index contributed by atoms with van der Waals surface area (Å²) in [5, 5.41) is 6.76. The van der Waals surface area contributed by atoms with Crippen molar-refractivity contribution in [1.29, 1.82) is 0 Å². The van der Waals surface area contributed by atoms with E-state index < -0.39 is 0 Å². The van der Waals surface area contributed by atoms with Gasteiger partial charge in [-0.05, 0) is 183 Å². The molecule has 0 saturated heterocycles. The number of thiophene rings is 2. The predicted molar refractivity (Wildman–Crippen MR) is 376 cm³/mol. The fourth-order valence-electron chi connectivity index (χ4n) is 15.3. The van der Waals surface area contributed by atoms with E-state index in [0.29, 0.717) is 16.7 Å². The summed E-state index contributed by atoms with van der Waals surface area (Å²) in [4.78, 5) is 81.4. The van der Waals surface area contributed by atoms with Gasteiger partial charge < -0.3 is 29.9 Å². The van der Waals surface area contributed by atoms with E-state index in [4.69, 9.17) is 0 Å². The van der Waals surface area contributed by atoms with Gasteiger partial charge >= 0.3 is 0 Å². The van der Waals surface area contributed by atoms with Crippen LogP contribution < -0.4 is 0 Å². The van der Waals surface area contributed by atoms with E-state index >= 15 is 9.59 Å². The molecule has 10 nitrogen and oxygen atoms in total. The van der Waals surface area contributed by atoms with Crippen LogP contribution in [0.3, 0.4) is 0 Å². The fourth-order valence-corrected chi connectivity index (χ4v) is 17.7. The van der Waals surface area contributed by atoms with Gasteiger partial charge in [0.1, 0.15) is 0 Å². The minimum Gasteiger partial charge on any atom is -0.361 e. The molecule has 14 aromatic rings. The third-order valence-electron chi connectivity index (χ3n) is 19.3. The summed E-state index contributed by atoms with van der Waals surface area (Å²) in [6.45, 7) is 19.3. The first-order valence-corrected chi connectivity index (χ1v) is 33.2. The molecule has 12 heteroatoms. The van der Waals surface area contributed by atoms with Crippen molar-refractivity contribution in [3.05, 3.63) is 304 Å². The van der Waals surface area contributed by atoms with Crippen molar-refractivity contribution in [2.45, 2.75) is 106 Å². The third-order valence-corrected chi connectivity index (χ3v) is 21.7. The topological polar surface area (TPSA) is 163 Å². The maximum atomic E-state index is 15.1. The molecule has 0 amide bonds. The Balaban J connectivity index is 0.805. The van der Waals surface area contributed by atoms with E-state index in [-0.39, 0.29) is 59.6 Å². The number of Topliss-reactive ketones (excluding diaryl/α,β-unsaturated/α-hetero) is 4. The summed E-state index contributed by atoms with van der Waals surface area (Å²) < 4.78 is 2.36. The number of H-pyrrole nitrogens is 6. The summed E-state index contributed by atoms with van der Waals surface area (Å²) in [6.07, 6.45) is 0.0468. The van der Waals surface area contributed by atoms with E-state index in [9.17, 15) is 9.59 Å². The molecule has 4 atom stereocenters. The number of fused-ring (bicyclic) bond motifs is 4. The van der Waals surface area contributed by atoms with Crippen LogP contribution in [0.4, 0.5) is 0 Å². The van der Waals surface area contributed by atoms with Crippen LogP contribution in [0, 0.1) is 55.4 Å². The monoisotopic (exact) mass is 1240 g/mol. The number of hydrogen-bond acceptors (Lipinski definition) is 6. The van der Waals surface area contributed by atoms with Crippen LogP contribution >= 0.6 is 22.7 Å². The summed E-state index contributed by atoms with van der Waals surface area (Å²) >= 11 is 3.50. The minimum atomic E-state index is -0.361. The number of hydrogen-bond donors (Lipinski definition) is 6. The zero-order chi connectivity index (χ0) is 64.0. The van der Waals surface area contributed by atoms with Crippen molar-refractivity contribution in [3.63, 3.8) is 0 Å². The summed E-state index contributed by atoms with van der Waals surface area (Å²) in [5.41, 5.74) is 19.2. The smallest absolute Gasteiger partial charge is 0.165 e. The first kappa shape index (κ1) is 59.7. The van der Waals surface area contributed by atoms with Crippen LogP contribution in [-0.4, -0.2) is 53.0 Å². The number of aryl methyl sites for hydroxylation is 4. The molecule has 6 aromatic carbocycles. The number of carbonyl (C=O) groups is 4. The predicted octanol–water partition coefficient (Wildman–Crippen LogP) is 19.8. The molecule has 0 aliphatic heterocycles. The molecular formula is C80H72N6O4S2. The highest BCUT2D eigenvalue weighted by molar-refractivity contribution is 7.19. The molecule has 0 bridgehead atoms. The number of nitrogens with one attached hydrogen (secondary N) is 6. The number of ketones is 4. The SMILES string of the molecule is CC(=O)c1c(C)[nH]c(C(c2ccc(C(c3cc4ccccc4s3)c3[nH]c(C)c(C(=O)CCC(=O)c4c(C)[nH]c(C(c5ccc(C(c6[nH]c(C)c(C(C)=O)c6C)c6cccc7ccccc67)[nH]5)c5cccc6ccccc56)c4C)c3C)[nH]2)c2cc3ccccc3s2)c1C. The molecule has 14 rings (SSSR count). The van der Waals surface area contributed by atoms with Crippen LogP contribution in [0.25, 0.3) is 41.7 Å². The average molecular weight is 1250 g/mol. The second-order valence-corrected chi connectivity index (χ2v) is 27.3. The van der Waals surface area contributed by atoms with Gasteiger partial charge in [-0.3, -0.25) is 19.2 Å². The van der Waals surface area contributed by atoms with Gasteiger partial charge in [0.15, 0.2) is 23.1 Å². The van der Waals surface area contributed by atoms with Crippen LogP contribution in [0.1, 0.15) is 203 Å². The zero-order valence-corrected chi connectivity index (χ0v) is 55.0. The molecule has 0 fully saturated rings. The Bertz CT molecular complexity index is 5190. The van der Waals surface area contributed by atoms with Crippen LogP contribution in [0.15, 0.2) is 170 Å². The summed E-state index contributed by atoms with van der Waals surface area (Å²) in [6, 6.07) is 59.8. The molecule has 0 spiro atoms. The first-order chi connectivity index (χ1) is 44.4. The second kappa shape index (κ2) is 23.7. The Morgan fingerprint density at radius 3 is 1.00 bits per heavy atom. The van der Waals surface area contributed by atoms with Gasteiger partial charge in [-0.15, -0.1) is 22.7 Å². The Morgan fingerprint density at radius 1 is 0.337 bits per heavy atom. The van der Waals surface area contributed by atoms with E-state index in [0.717, 1.165) is 144 Å². The van der Waals surface area contributed by atoms with Crippen molar-refractivity contribution >= 4 is 87.5 Å². The van der Waals surface area contributed by atoms with E-state index in [1.54, 1.807) is 36.5 Å². The van der Waals surface area contributed by atoms with Crippen LogP contribution in [0.2, 0.25) is 0 Å². The Hall–Kier alpha value is -9.88. The summed E-state index contributed by atoms with van der Waals surface area (Å²) in [5.74, 6) is -1.31. The van der Waals surface area contributed by atoms with E-state index in [2.05, 4.69) is 200 Å². The fraction of sp³-hybridized carbons (Fsp3) is 0.200. The lowest BCUT2D eigenvalue weighted by molar-refractivity contribution is 0.0916.